The maximum Gasteiger partial charge on any atom is 0.416 e. The predicted octanol–water partition coefficient (Wildman–Crippen LogP) is 2.56. The number of nitrogens with zero attached hydrogens (tertiary/aromatic N) is 2. The van der Waals surface area contributed by atoms with Crippen LogP contribution in [0.2, 0.25) is 5.02 Å². The fourth-order valence-corrected chi connectivity index (χ4v) is 2.39. The molecule has 1 amide bonds. The number of rotatable bonds is 4. The highest BCUT2D eigenvalue weighted by Gasteiger charge is 2.35. The first kappa shape index (κ1) is 17.3. The summed E-state index contributed by atoms with van der Waals surface area (Å²) in [5.41, 5.74) is -1.29. The van der Waals surface area contributed by atoms with Crippen LogP contribution in [0.25, 0.3) is 0 Å². The van der Waals surface area contributed by atoms with Crippen LogP contribution in [0.15, 0.2) is 30.5 Å². The average Bonchev–Trinajstić information content (AvgIpc) is 2.82. The van der Waals surface area contributed by atoms with Crippen LogP contribution in [0.3, 0.4) is 0 Å². The van der Waals surface area contributed by atoms with Gasteiger partial charge >= 0.3 is 6.18 Å². The van der Waals surface area contributed by atoms with Gasteiger partial charge in [-0.25, -0.2) is 0 Å². The van der Waals surface area contributed by atoms with Crippen molar-refractivity contribution in [1.82, 2.24) is 15.1 Å². The highest BCUT2D eigenvalue weighted by atomic mass is 35.5. The topological polar surface area (TPSA) is 67.2 Å². The molecule has 0 bridgehead atoms. The van der Waals surface area contributed by atoms with E-state index in [2.05, 4.69) is 10.4 Å². The number of aryl methyl sites for hydroxylation is 1. The standard InChI is InChI=1S/C14H13ClF3N3O2/c1-21-6-10(15)12(20-21)13(23)19-11(7-22)8-4-2-3-5-9(8)14(16,17)18/h2-6,11,22H,7H2,1H3,(H,19,23). The van der Waals surface area contributed by atoms with Gasteiger partial charge in [0, 0.05) is 13.2 Å². The lowest BCUT2D eigenvalue weighted by Crippen LogP contribution is -2.32. The van der Waals surface area contributed by atoms with E-state index in [9.17, 15) is 23.1 Å². The Hall–Kier alpha value is -2.06. The molecule has 0 saturated carbocycles. The summed E-state index contributed by atoms with van der Waals surface area (Å²) in [6, 6.07) is 3.48. The maximum absolute atomic E-state index is 13.0. The van der Waals surface area contributed by atoms with Gasteiger partial charge in [0.25, 0.3) is 5.91 Å². The molecule has 1 heterocycles. The molecule has 0 radical (unpaired) electrons. The molecule has 1 atom stereocenters. The van der Waals surface area contributed by atoms with Gasteiger partial charge in [-0.3, -0.25) is 9.48 Å². The molecule has 0 saturated heterocycles. The van der Waals surface area contributed by atoms with Crippen molar-refractivity contribution in [2.75, 3.05) is 6.61 Å². The van der Waals surface area contributed by atoms with Crippen molar-refractivity contribution in [3.63, 3.8) is 0 Å². The number of aromatic nitrogens is 2. The summed E-state index contributed by atoms with van der Waals surface area (Å²) in [5, 5.41) is 15.6. The molecule has 0 spiro atoms. The average molecular weight is 348 g/mol. The van der Waals surface area contributed by atoms with E-state index < -0.39 is 30.3 Å². The molecule has 0 aliphatic carbocycles. The third-order valence-electron chi connectivity index (χ3n) is 3.13. The monoisotopic (exact) mass is 347 g/mol. The predicted molar refractivity (Wildman–Crippen MR) is 77.0 cm³/mol. The number of hydrogen-bond acceptors (Lipinski definition) is 3. The van der Waals surface area contributed by atoms with Crippen molar-refractivity contribution in [3.8, 4) is 0 Å². The van der Waals surface area contributed by atoms with Crippen LogP contribution >= 0.6 is 11.6 Å². The molecule has 2 rings (SSSR count). The fraction of sp³-hybridized carbons (Fsp3) is 0.286. The molecule has 1 aromatic carbocycles. The minimum atomic E-state index is -4.60. The zero-order chi connectivity index (χ0) is 17.2. The van der Waals surface area contributed by atoms with Crippen LogP contribution in [-0.4, -0.2) is 27.4 Å². The van der Waals surface area contributed by atoms with Gasteiger partial charge in [0.05, 0.1) is 23.2 Å². The first-order valence-corrected chi connectivity index (χ1v) is 6.88. The van der Waals surface area contributed by atoms with E-state index in [1.54, 1.807) is 7.05 Å². The normalized spacial score (nSPS) is 13.0. The molecule has 0 fully saturated rings. The van der Waals surface area contributed by atoms with Crippen LogP contribution in [0.1, 0.15) is 27.7 Å². The lowest BCUT2D eigenvalue weighted by molar-refractivity contribution is -0.138. The van der Waals surface area contributed by atoms with Gasteiger partial charge in [-0.2, -0.15) is 18.3 Å². The molecule has 124 valence electrons. The summed E-state index contributed by atoms with van der Waals surface area (Å²) < 4.78 is 40.4. The lowest BCUT2D eigenvalue weighted by Gasteiger charge is -2.20. The minimum absolute atomic E-state index is 0.0609. The molecule has 0 aliphatic rings. The smallest absolute Gasteiger partial charge is 0.394 e. The van der Waals surface area contributed by atoms with Gasteiger partial charge in [0.2, 0.25) is 0 Å². The third kappa shape index (κ3) is 3.83. The molecule has 2 aromatic rings. The number of halogens is 4. The maximum atomic E-state index is 13.0. The molecule has 5 nitrogen and oxygen atoms in total. The summed E-state index contributed by atoms with van der Waals surface area (Å²) in [4.78, 5) is 12.1. The fourth-order valence-electron chi connectivity index (χ4n) is 2.12. The SMILES string of the molecule is Cn1cc(Cl)c(C(=O)NC(CO)c2ccccc2C(F)(F)F)n1. The minimum Gasteiger partial charge on any atom is -0.394 e. The van der Waals surface area contributed by atoms with E-state index in [0.717, 1.165) is 6.07 Å². The summed E-state index contributed by atoms with van der Waals surface area (Å²) in [7, 11) is 1.55. The number of aliphatic hydroxyl groups is 1. The molecule has 1 unspecified atom stereocenters. The molecular formula is C14H13ClF3N3O2. The number of carbonyl (C=O) groups is 1. The number of alkyl halides is 3. The van der Waals surface area contributed by atoms with E-state index in [0.29, 0.717) is 0 Å². The second-order valence-electron chi connectivity index (χ2n) is 4.79. The van der Waals surface area contributed by atoms with Crippen LogP contribution in [-0.2, 0) is 13.2 Å². The van der Waals surface area contributed by atoms with Crippen molar-refractivity contribution < 1.29 is 23.1 Å². The molecule has 0 aliphatic heterocycles. The lowest BCUT2D eigenvalue weighted by atomic mass is 10.00. The third-order valence-corrected chi connectivity index (χ3v) is 3.41. The first-order chi connectivity index (χ1) is 10.7. The van der Waals surface area contributed by atoms with Crippen LogP contribution in [0.5, 0.6) is 0 Å². The second-order valence-corrected chi connectivity index (χ2v) is 5.20. The van der Waals surface area contributed by atoms with Crippen molar-refractivity contribution in [2.45, 2.75) is 12.2 Å². The second kappa shape index (κ2) is 6.59. The highest BCUT2D eigenvalue weighted by molar-refractivity contribution is 6.33. The molecule has 2 N–H and O–H groups in total. The van der Waals surface area contributed by atoms with E-state index in [1.807, 2.05) is 0 Å². The summed E-state index contributed by atoms with van der Waals surface area (Å²) in [6.45, 7) is -0.705. The molecular weight excluding hydrogens is 335 g/mol. The summed E-state index contributed by atoms with van der Waals surface area (Å²) in [5.74, 6) is -0.772. The van der Waals surface area contributed by atoms with E-state index in [4.69, 9.17) is 11.6 Å². The van der Waals surface area contributed by atoms with Crippen molar-refractivity contribution in [2.24, 2.45) is 7.05 Å². The number of carbonyl (C=O) groups excluding carboxylic acids is 1. The summed E-state index contributed by atoms with van der Waals surface area (Å²) in [6.07, 6.45) is -3.22. The number of hydrogen-bond donors (Lipinski definition) is 2. The molecule has 9 heteroatoms. The van der Waals surface area contributed by atoms with E-state index in [1.165, 1.54) is 29.1 Å². The van der Waals surface area contributed by atoms with E-state index >= 15 is 0 Å². The Morgan fingerprint density at radius 2 is 2.09 bits per heavy atom. The van der Waals surface area contributed by atoms with Gasteiger partial charge in [-0.05, 0) is 11.6 Å². The molecule has 1 aromatic heterocycles. The number of aliphatic hydroxyl groups excluding tert-OH is 1. The van der Waals surface area contributed by atoms with Crippen LogP contribution in [0, 0.1) is 0 Å². The van der Waals surface area contributed by atoms with Gasteiger partial charge in [-0.15, -0.1) is 0 Å². The quantitative estimate of drug-likeness (QED) is 0.893. The Morgan fingerprint density at radius 3 is 2.61 bits per heavy atom. The Labute approximate surface area is 134 Å². The Balaban J connectivity index is 2.31. The molecule has 23 heavy (non-hydrogen) atoms. The van der Waals surface area contributed by atoms with E-state index in [-0.39, 0.29) is 16.3 Å². The highest BCUT2D eigenvalue weighted by Crippen LogP contribution is 2.34. The van der Waals surface area contributed by atoms with Crippen molar-refractivity contribution in [1.29, 1.82) is 0 Å². The Bertz CT molecular complexity index is 716. The van der Waals surface area contributed by atoms with Crippen LogP contribution < -0.4 is 5.32 Å². The largest absolute Gasteiger partial charge is 0.416 e. The van der Waals surface area contributed by atoms with Gasteiger partial charge in [-0.1, -0.05) is 29.8 Å². The Kier molecular flexibility index (Phi) is 4.96. The van der Waals surface area contributed by atoms with Crippen LogP contribution in [0.4, 0.5) is 13.2 Å². The van der Waals surface area contributed by atoms with Crippen molar-refractivity contribution >= 4 is 17.5 Å². The van der Waals surface area contributed by atoms with Gasteiger partial charge in [0.15, 0.2) is 5.69 Å². The number of amides is 1. The number of nitrogens with one attached hydrogen (secondary N) is 1. The van der Waals surface area contributed by atoms with Crippen molar-refractivity contribution in [3.05, 3.63) is 52.3 Å². The Morgan fingerprint density at radius 1 is 1.43 bits per heavy atom. The van der Waals surface area contributed by atoms with Gasteiger partial charge in [0.1, 0.15) is 0 Å². The summed E-state index contributed by atoms with van der Waals surface area (Å²) >= 11 is 5.83. The number of benzene rings is 1. The zero-order valence-corrected chi connectivity index (χ0v) is 12.7. The first-order valence-electron chi connectivity index (χ1n) is 6.51. The zero-order valence-electron chi connectivity index (χ0n) is 11.9. The van der Waals surface area contributed by atoms with Gasteiger partial charge < -0.3 is 10.4 Å².